The molecule has 0 unspecified atom stereocenters. The van der Waals surface area contributed by atoms with Gasteiger partial charge in [0.2, 0.25) is 0 Å². The van der Waals surface area contributed by atoms with Crippen molar-refractivity contribution in [3.05, 3.63) is 34.4 Å². The van der Waals surface area contributed by atoms with E-state index in [2.05, 4.69) is 5.16 Å². The van der Waals surface area contributed by atoms with Crippen LogP contribution in [0, 0.1) is 0 Å². The zero-order valence-electron chi connectivity index (χ0n) is 11.5. The van der Waals surface area contributed by atoms with E-state index in [4.69, 9.17) is 26.3 Å². The average Bonchev–Trinajstić information content (AvgIpc) is 2.38. The highest BCUT2D eigenvalue weighted by Gasteiger charge is 2.04. The van der Waals surface area contributed by atoms with Gasteiger partial charge in [-0.3, -0.25) is 0 Å². The molecule has 0 bridgehead atoms. The van der Waals surface area contributed by atoms with Crippen LogP contribution < -0.4 is 4.74 Å². The summed E-state index contributed by atoms with van der Waals surface area (Å²) in [5, 5.41) is 12.7. The molecule has 0 aliphatic heterocycles. The second-order valence-corrected chi connectivity index (χ2v) is 4.57. The van der Waals surface area contributed by atoms with E-state index in [1.807, 2.05) is 13.0 Å². The molecule has 1 rings (SSSR count). The number of carboxylic acid groups (broad SMARTS) is 1. The zero-order valence-corrected chi connectivity index (χ0v) is 12.3. The third kappa shape index (κ3) is 4.93. The quantitative estimate of drug-likeness (QED) is 0.646. The summed E-state index contributed by atoms with van der Waals surface area (Å²) in [5.74, 6) is -0.415. The summed E-state index contributed by atoms with van der Waals surface area (Å²) in [5.41, 5.74) is 1.57. The lowest BCUT2D eigenvalue weighted by molar-refractivity contribution is -0.129. The molecule has 1 N–H and O–H groups in total. The fourth-order valence-corrected chi connectivity index (χ4v) is 1.58. The van der Waals surface area contributed by atoms with Crippen LogP contribution in [0.4, 0.5) is 0 Å². The lowest BCUT2D eigenvalue weighted by atomic mass is 10.1. The minimum Gasteiger partial charge on any atom is -0.496 e. The number of methoxy groups -OCH3 is 1. The molecule has 5 nitrogen and oxygen atoms in total. The van der Waals surface area contributed by atoms with Crippen LogP contribution in [0.5, 0.6) is 5.75 Å². The van der Waals surface area contributed by atoms with Crippen LogP contribution >= 0.6 is 11.6 Å². The number of hydrogen-bond donors (Lipinski definition) is 1. The number of rotatable bonds is 6. The number of aliphatic carboxylic acids is 1. The molecule has 1 aromatic rings. The maximum absolute atomic E-state index is 10.5. The highest BCUT2D eigenvalue weighted by Crippen LogP contribution is 2.24. The van der Waals surface area contributed by atoms with Gasteiger partial charge < -0.3 is 14.7 Å². The molecule has 0 atom stereocenters. The van der Waals surface area contributed by atoms with E-state index >= 15 is 0 Å². The second kappa shape index (κ2) is 7.55. The maximum atomic E-state index is 10.5. The third-order valence-electron chi connectivity index (χ3n) is 2.40. The summed E-state index contributed by atoms with van der Waals surface area (Å²) in [6, 6.07) is 5.29. The summed E-state index contributed by atoms with van der Waals surface area (Å²) in [6.45, 7) is 3.38. The molecule has 0 heterocycles. The lowest BCUT2D eigenvalue weighted by Gasteiger charge is -2.06. The van der Waals surface area contributed by atoms with Crippen LogP contribution in [-0.4, -0.2) is 30.5 Å². The number of carboxylic acids is 1. The standard InChI is InChI=1S/C14H16ClNO4/c1-9(8-20-16-10(2)14(17)18)6-11-7-12(15)4-5-13(11)19-3/h4-7H,8H2,1-3H3,(H,17,18). The van der Waals surface area contributed by atoms with E-state index in [-0.39, 0.29) is 12.3 Å². The number of nitrogens with zero attached hydrogens (tertiary/aromatic N) is 1. The van der Waals surface area contributed by atoms with Crippen molar-refractivity contribution in [1.29, 1.82) is 0 Å². The van der Waals surface area contributed by atoms with E-state index in [1.54, 1.807) is 25.3 Å². The van der Waals surface area contributed by atoms with E-state index in [1.165, 1.54) is 6.92 Å². The second-order valence-electron chi connectivity index (χ2n) is 4.13. The first-order chi connectivity index (χ1) is 9.43. The van der Waals surface area contributed by atoms with Crippen LogP contribution in [-0.2, 0) is 9.63 Å². The van der Waals surface area contributed by atoms with Gasteiger partial charge in [0.15, 0.2) is 5.71 Å². The molecule has 0 saturated carbocycles. The van der Waals surface area contributed by atoms with Gasteiger partial charge in [0, 0.05) is 10.6 Å². The monoisotopic (exact) mass is 297 g/mol. The Morgan fingerprint density at radius 3 is 2.75 bits per heavy atom. The number of carbonyl (C=O) groups is 1. The SMILES string of the molecule is COc1ccc(Cl)cc1C=C(C)CON=C(C)C(=O)O. The van der Waals surface area contributed by atoms with Crippen molar-refractivity contribution in [1.82, 2.24) is 0 Å². The summed E-state index contributed by atoms with van der Waals surface area (Å²) in [7, 11) is 1.58. The van der Waals surface area contributed by atoms with E-state index < -0.39 is 5.97 Å². The Kier molecular flexibility index (Phi) is 6.06. The number of hydrogen-bond acceptors (Lipinski definition) is 4. The van der Waals surface area contributed by atoms with E-state index in [0.29, 0.717) is 10.8 Å². The molecule has 108 valence electrons. The first-order valence-electron chi connectivity index (χ1n) is 5.84. The number of oxime groups is 1. The Hall–Kier alpha value is -2.01. The van der Waals surface area contributed by atoms with E-state index in [9.17, 15) is 4.79 Å². The van der Waals surface area contributed by atoms with Crippen LogP contribution in [0.15, 0.2) is 28.9 Å². The fraction of sp³-hybridized carbons (Fsp3) is 0.286. The molecule has 0 fully saturated rings. The maximum Gasteiger partial charge on any atom is 0.353 e. The molecule has 0 spiro atoms. The van der Waals surface area contributed by atoms with Gasteiger partial charge in [0.05, 0.1) is 7.11 Å². The molecular formula is C14H16ClNO4. The Labute approximate surface area is 122 Å². The predicted octanol–water partition coefficient (Wildman–Crippen LogP) is 3.23. The normalized spacial score (nSPS) is 12.2. The smallest absolute Gasteiger partial charge is 0.353 e. The zero-order chi connectivity index (χ0) is 15.1. The van der Waals surface area contributed by atoms with E-state index in [0.717, 1.165) is 11.1 Å². The Balaban J connectivity index is 2.77. The van der Waals surface area contributed by atoms with Crippen molar-refractivity contribution in [2.24, 2.45) is 5.16 Å². The molecular weight excluding hydrogens is 282 g/mol. The third-order valence-corrected chi connectivity index (χ3v) is 2.63. The molecule has 0 radical (unpaired) electrons. The first-order valence-corrected chi connectivity index (χ1v) is 6.22. The van der Waals surface area contributed by atoms with Gasteiger partial charge in [-0.2, -0.15) is 0 Å². The molecule has 20 heavy (non-hydrogen) atoms. The summed E-state index contributed by atoms with van der Waals surface area (Å²) in [6.07, 6.45) is 1.84. The van der Waals surface area contributed by atoms with Crippen molar-refractivity contribution >= 4 is 29.4 Å². The van der Waals surface area contributed by atoms with Gasteiger partial charge in [-0.15, -0.1) is 0 Å². The highest BCUT2D eigenvalue weighted by molar-refractivity contribution is 6.34. The molecule has 6 heteroatoms. The molecule has 0 aromatic heterocycles. The van der Waals surface area contributed by atoms with Crippen LogP contribution in [0.2, 0.25) is 5.02 Å². The lowest BCUT2D eigenvalue weighted by Crippen LogP contribution is -2.08. The predicted molar refractivity (Wildman–Crippen MR) is 78.4 cm³/mol. The molecule has 1 aromatic carbocycles. The van der Waals surface area contributed by atoms with Crippen molar-refractivity contribution < 1.29 is 19.5 Å². The first kappa shape index (κ1) is 16.0. The van der Waals surface area contributed by atoms with Gasteiger partial charge in [-0.1, -0.05) is 16.8 Å². The number of halogens is 1. The van der Waals surface area contributed by atoms with Crippen molar-refractivity contribution in [2.45, 2.75) is 13.8 Å². The van der Waals surface area contributed by atoms with Gasteiger partial charge in [-0.25, -0.2) is 4.79 Å². The number of benzene rings is 1. The topological polar surface area (TPSA) is 68.1 Å². The Morgan fingerprint density at radius 2 is 2.15 bits per heavy atom. The average molecular weight is 298 g/mol. The Bertz CT molecular complexity index is 552. The number of ether oxygens (including phenoxy) is 1. The fourth-order valence-electron chi connectivity index (χ4n) is 1.40. The van der Waals surface area contributed by atoms with Crippen molar-refractivity contribution in [3.63, 3.8) is 0 Å². The van der Waals surface area contributed by atoms with Gasteiger partial charge in [-0.05, 0) is 43.7 Å². The van der Waals surface area contributed by atoms with Crippen LogP contribution in [0.3, 0.4) is 0 Å². The van der Waals surface area contributed by atoms with Gasteiger partial charge in [0.1, 0.15) is 12.4 Å². The minimum absolute atomic E-state index is 0.0989. The molecule has 0 aliphatic rings. The minimum atomic E-state index is -1.11. The van der Waals surface area contributed by atoms with Gasteiger partial charge in [0.25, 0.3) is 0 Å². The molecule has 0 saturated heterocycles. The van der Waals surface area contributed by atoms with Gasteiger partial charge >= 0.3 is 5.97 Å². The Morgan fingerprint density at radius 1 is 1.45 bits per heavy atom. The summed E-state index contributed by atoms with van der Waals surface area (Å²) < 4.78 is 5.23. The molecule has 0 aliphatic carbocycles. The highest BCUT2D eigenvalue weighted by atomic mass is 35.5. The van der Waals surface area contributed by atoms with Crippen LogP contribution in [0.1, 0.15) is 19.4 Å². The van der Waals surface area contributed by atoms with Crippen molar-refractivity contribution in [2.75, 3.05) is 13.7 Å². The largest absolute Gasteiger partial charge is 0.496 e. The van der Waals surface area contributed by atoms with Crippen molar-refractivity contribution in [3.8, 4) is 5.75 Å². The van der Waals surface area contributed by atoms with Crippen LogP contribution in [0.25, 0.3) is 6.08 Å². The summed E-state index contributed by atoms with van der Waals surface area (Å²) >= 11 is 5.93. The molecule has 0 amide bonds. The summed E-state index contributed by atoms with van der Waals surface area (Å²) in [4.78, 5) is 15.5.